The molecule has 1 heterocycles. The Balaban J connectivity index is 2.68. The second kappa shape index (κ2) is 5.25. The molecule has 0 saturated carbocycles. The van der Waals surface area contributed by atoms with Crippen LogP contribution in [0.25, 0.3) is 0 Å². The topological polar surface area (TPSA) is 86.2 Å². The average molecular weight is 236 g/mol. The summed E-state index contributed by atoms with van der Waals surface area (Å²) < 4.78 is 0. The van der Waals surface area contributed by atoms with E-state index in [-0.39, 0.29) is 5.84 Å². The molecule has 0 amide bonds. The molecule has 5 nitrogen and oxygen atoms in total. The van der Waals surface area contributed by atoms with E-state index in [9.17, 15) is 5.11 Å². The van der Waals surface area contributed by atoms with Crippen LogP contribution in [0.4, 0.5) is 0 Å². The molecule has 0 fully saturated rings. The minimum atomic E-state index is -0.717. The smallest absolute Gasteiger partial charge is 0.141 e. The molecule has 0 aliphatic rings. The summed E-state index contributed by atoms with van der Waals surface area (Å²) in [7, 11) is 1.94. The van der Waals surface area contributed by atoms with E-state index < -0.39 is 5.60 Å². The Morgan fingerprint density at radius 2 is 2.24 bits per heavy atom. The van der Waals surface area contributed by atoms with Crippen LogP contribution in [0.3, 0.4) is 0 Å². The summed E-state index contributed by atoms with van der Waals surface area (Å²) in [4.78, 5) is 6.02. The molecule has 1 rings (SSSR count). The van der Waals surface area contributed by atoms with Gasteiger partial charge in [-0.1, -0.05) is 0 Å². The zero-order chi connectivity index (χ0) is 13.1. The molecule has 0 unspecified atom stereocenters. The first-order valence-corrected chi connectivity index (χ1v) is 5.48. The van der Waals surface area contributed by atoms with E-state index in [0.29, 0.717) is 18.8 Å². The van der Waals surface area contributed by atoms with Crippen LogP contribution in [-0.2, 0) is 6.54 Å². The van der Waals surface area contributed by atoms with Crippen LogP contribution in [0.2, 0.25) is 0 Å². The predicted molar refractivity (Wildman–Crippen MR) is 67.9 cm³/mol. The maximum Gasteiger partial charge on any atom is 0.141 e. The van der Waals surface area contributed by atoms with Gasteiger partial charge < -0.3 is 10.8 Å². The Morgan fingerprint density at radius 1 is 1.59 bits per heavy atom. The monoisotopic (exact) mass is 236 g/mol. The SMILES string of the molecule is CN(Cc1ccnc(C(=N)N)c1)CC(C)(C)O. The number of hydrogen-bond acceptors (Lipinski definition) is 4. The van der Waals surface area contributed by atoms with Crippen LogP contribution in [0.1, 0.15) is 25.1 Å². The van der Waals surface area contributed by atoms with Crippen LogP contribution in [-0.4, -0.2) is 40.0 Å². The molecule has 0 saturated heterocycles. The molecule has 1 aromatic rings. The van der Waals surface area contributed by atoms with Gasteiger partial charge in [0.25, 0.3) is 0 Å². The van der Waals surface area contributed by atoms with Crippen LogP contribution in [0.5, 0.6) is 0 Å². The fourth-order valence-electron chi connectivity index (χ4n) is 1.75. The van der Waals surface area contributed by atoms with Crippen molar-refractivity contribution in [1.29, 1.82) is 5.41 Å². The lowest BCUT2D eigenvalue weighted by atomic mass is 10.1. The van der Waals surface area contributed by atoms with Gasteiger partial charge in [-0.3, -0.25) is 15.3 Å². The first kappa shape index (κ1) is 13.6. The zero-order valence-corrected chi connectivity index (χ0v) is 10.6. The number of aliphatic hydroxyl groups is 1. The minimum absolute atomic E-state index is 0.0306. The van der Waals surface area contributed by atoms with Gasteiger partial charge in [0.15, 0.2) is 0 Å². The molecular weight excluding hydrogens is 216 g/mol. The van der Waals surface area contributed by atoms with E-state index in [1.54, 1.807) is 26.1 Å². The van der Waals surface area contributed by atoms with Crippen molar-refractivity contribution >= 4 is 5.84 Å². The highest BCUT2D eigenvalue weighted by molar-refractivity contribution is 5.93. The third-order valence-electron chi connectivity index (χ3n) is 2.21. The van der Waals surface area contributed by atoms with Crippen molar-refractivity contribution < 1.29 is 5.11 Å². The van der Waals surface area contributed by atoms with Gasteiger partial charge in [0.1, 0.15) is 11.5 Å². The van der Waals surface area contributed by atoms with Crippen LogP contribution >= 0.6 is 0 Å². The van der Waals surface area contributed by atoms with Gasteiger partial charge in [-0.05, 0) is 38.6 Å². The first-order valence-electron chi connectivity index (χ1n) is 5.48. The molecule has 94 valence electrons. The van der Waals surface area contributed by atoms with E-state index in [2.05, 4.69) is 4.98 Å². The van der Waals surface area contributed by atoms with Crippen molar-refractivity contribution in [2.75, 3.05) is 13.6 Å². The second-order valence-electron chi connectivity index (χ2n) is 4.95. The van der Waals surface area contributed by atoms with Gasteiger partial charge in [-0.15, -0.1) is 0 Å². The summed E-state index contributed by atoms with van der Waals surface area (Å²) in [6.45, 7) is 4.81. The normalized spacial score (nSPS) is 11.8. The molecule has 0 aliphatic carbocycles. The van der Waals surface area contributed by atoms with E-state index in [1.165, 1.54) is 0 Å². The maximum absolute atomic E-state index is 9.70. The standard InChI is InChI=1S/C12H20N4O/c1-12(2,17)8-16(3)7-9-4-5-15-10(6-9)11(13)14/h4-6,17H,7-8H2,1-3H3,(H3,13,14). The molecule has 5 heteroatoms. The lowest BCUT2D eigenvalue weighted by Crippen LogP contribution is -2.35. The van der Waals surface area contributed by atoms with Crippen LogP contribution < -0.4 is 5.73 Å². The Morgan fingerprint density at radius 3 is 2.76 bits per heavy atom. The molecule has 0 aromatic carbocycles. The highest BCUT2D eigenvalue weighted by Gasteiger charge is 2.15. The molecule has 17 heavy (non-hydrogen) atoms. The summed E-state index contributed by atoms with van der Waals surface area (Å²) in [6.07, 6.45) is 1.64. The Kier molecular flexibility index (Phi) is 4.20. The zero-order valence-electron chi connectivity index (χ0n) is 10.6. The number of hydrogen-bond donors (Lipinski definition) is 3. The van der Waals surface area contributed by atoms with Gasteiger partial charge in [0, 0.05) is 19.3 Å². The summed E-state index contributed by atoms with van der Waals surface area (Å²) in [5.74, 6) is -0.0306. The van der Waals surface area contributed by atoms with Crippen molar-refractivity contribution in [3.8, 4) is 0 Å². The average Bonchev–Trinajstić information content (AvgIpc) is 2.14. The summed E-state index contributed by atoms with van der Waals surface area (Å²) in [5, 5.41) is 17.0. The molecule has 0 spiro atoms. The van der Waals surface area contributed by atoms with Crippen molar-refractivity contribution in [3.05, 3.63) is 29.6 Å². The van der Waals surface area contributed by atoms with Gasteiger partial charge >= 0.3 is 0 Å². The number of rotatable bonds is 5. The van der Waals surface area contributed by atoms with Gasteiger partial charge in [-0.25, -0.2) is 0 Å². The molecule has 4 N–H and O–H groups in total. The quantitative estimate of drug-likeness (QED) is 0.515. The summed E-state index contributed by atoms with van der Waals surface area (Å²) >= 11 is 0. The third kappa shape index (κ3) is 4.93. The highest BCUT2D eigenvalue weighted by atomic mass is 16.3. The van der Waals surface area contributed by atoms with Crippen molar-refractivity contribution in [1.82, 2.24) is 9.88 Å². The van der Waals surface area contributed by atoms with Crippen LogP contribution in [0, 0.1) is 5.41 Å². The maximum atomic E-state index is 9.70. The summed E-state index contributed by atoms with van der Waals surface area (Å²) in [6, 6.07) is 3.68. The molecule has 0 aliphatic heterocycles. The number of aromatic nitrogens is 1. The molecule has 1 aromatic heterocycles. The fourth-order valence-corrected chi connectivity index (χ4v) is 1.75. The lowest BCUT2D eigenvalue weighted by Gasteiger charge is -2.25. The van der Waals surface area contributed by atoms with E-state index >= 15 is 0 Å². The van der Waals surface area contributed by atoms with Gasteiger partial charge in [0.05, 0.1) is 5.60 Å². The second-order valence-corrected chi connectivity index (χ2v) is 4.95. The molecule has 0 bridgehead atoms. The van der Waals surface area contributed by atoms with Gasteiger partial charge in [0.2, 0.25) is 0 Å². The Bertz CT molecular complexity index is 398. The van der Waals surface area contributed by atoms with Crippen LogP contribution in [0.15, 0.2) is 18.3 Å². The minimum Gasteiger partial charge on any atom is -0.389 e. The van der Waals surface area contributed by atoms with E-state index in [4.69, 9.17) is 11.1 Å². The van der Waals surface area contributed by atoms with Crippen molar-refractivity contribution in [3.63, 3.8) is 0 Å². The molecular formula is C12H20N4O. The van der Waals surface area contributed by atoms with Gasteiger partial charge in [-0.2, -0.15) is 0 Å². The van der Waals surface area contributed by atoms with E-state index in [0.717, 1.165) is 5.56 Å². The number of nitrogens with two attached hydrogens (primary N) is 1. The number of pyridine rings is 1. The largest absolute Gasteiger partial charge is 0.389 e. The fraction of sp³-hybridized carbons (Fsp3) is 0.500. The number of nitrogens with one attached hydrogen (secondary N) is 1. The predicted octanol–water partition coefficient (Wildman–Crippen LogP) is 0.568. The van der Waals surface area contributed by atoms with Crippen molar-refractivity contribution in [2.24, 2.45) is 5.73 Å². The van der Waals surface area contributed by atoms with E-state index in [1.807, 2.05) is 18.0 Å². The number of amidine groups is 1. The first-order chi connectivity index (χ1) is 7.78. The lowest BCUT2D eigenvalue weighted by molar-refractivity contribution is 0.0425. The number of nitrogens with zero attached hydrogens (tertiary/aromatic N) is 2. The summed E-state index contributed by atoms with van der Waals surface area (Å²) in [5.41, 5.74) is 6.18. The highest BCUT2D eigenvalue weighted by Crippen LogP contribution is 2.08. The third-order valence-corrected chi connectivity index (χ3v) is 2.21. The number of nitrogen functional groups attached to an aromatic ring is 1. The Labute approximate surface area is 102 Å². The molecule has 0 atom stereocenters. The van der Waals surface area contributed by atoms with Crippen molar-refractivity contribution in [2.45, 2.75) is 26.0 Å². The Hall–Kier alpha value is -1.46. The number of likely N-dealkylation sites (N-methyl/N-ethyl adjacent to an activating group) is 1. The molecule has 0 radical (unpaired) electrons.